The number of aliphatic hydroxyl groups is 1. The molecule has 3 N–H and O–H groups in total. The van der Waals surface area contributed by atoms with Gasteiger partial charge in [0.25, 0.3) is 5.91 Å². The minimum atomic E-state index is -0.622. The smallest absolute Gasteiger partial charge is 0.270 e. The summed E-state index contributed by atoms with van der Waals surface area (Å²) in [4.78, 5) is 27.4. The Balaban J connectivity index is 2.63. The molecule has 0 spiro atoms. The SMILES string of the molecule is CCNC(=O)C(C)NC(=O)c1ccc(C#CCCO)cn1. The van der Waals surface area contributed by atoms with Crippen LogP contribution in [0.25, 0.3) is 0 Å². The van der Waals surface area contributed by atoms with Crippen LogP contribution >= 0.6 is 0 Å². The van der Waals surface area contributed by atoms with Crippen molar-refractivity contribution >= 4 is 11.8 Å². The first-order valence-electron chi connectivity index (χ1n) is 6.72. The molecular formula is C15H19N3O3. The van der Waals surface area contributed by atoms with E-state index in [4.69, 9.17) is 5.11 Å². The van der Waals surface area contributed by atoms with Crippen LogP contribution in [0.5, 0.6) is 0 Å². The monoisotopic (exact) mass is 289 g/mol. The molecule has 0 aliphatic rings. The van der Waals surface area contributed by atoms with Crippen molar-refractivity contribution in [3.05, 3.63) is 29.6 Å². The lowest BCUT2D eigenvalue weighted by atomic mass is 10.2. The molecule has 1 rings (SSSR count). The normalized spacial score (nSPS) is 11.0. The van der Waals surface area contributed by atoms with E-state index in [1.54, 1.807) is 19.1 Å². The van der Waals surface area contributed by atoms with Crippen molar-refractivity contribution in [2.75, 3.05) is 13.2 Å². The first-order chi connectivity index (χ1) is 10.1. The second kappa shape index (κ2) is 8.72. The number of aromatic nitrogens is 1. The second-order valence-electron chi connectivity index (χ2n) is 4.30. The van der Waals surface area contributed by atoms with Crippen molar-refractivity contribution in [2.24, 2.45) is 0 Å². The lowest BCUT2D eigenvalue weighted by Gasteiger charge is -2.12. The van der Waals surface area contributed by atoms with Crippen LogP contribution in [0.1, 0.15) is 36.3 Å². The van der Waals surface area contributed by atoms with E-state index in [2.05, 4.69) is 27.5 Å². The minimum absolute atomic E-state index is 0.0125. The standard InChI is InChI=1S/C15H19N3O3/c1-3-16-14(20)11(2)18-15(21)13-8-7-12(10-17-13)6-4-5-9-19/h7-8,10-11,19H,3,5,9H2,1-2H3,(H,16,20)(H,18,21). The van der Waals surface area contributed by atoms with Gasteiger partial charge in [-0.3, -0.25) is 9.59 Å². The summed E-state index contributed by atoms with van der Waals surface area (Å²) in [5.74, 6) is 4.93. The fraction of sp³-hybridized carbons (Fsp3) is 0.400. The van der Waals surface area contributed by atoms with Gasteiger partial charge in [-0.25, -0.2) is 4.98 Å². The van der Waals surface area contributed by atoms with E-state index in [0.717, 1.165) is 0 Å². The van der Waals surface area contributed by atoms with E-state index in [9.17, 15) is 9.59 Å². The van der Waals surface area contributed by atoms with Crippen molar-refractivity contribution < 1.29 is 14.7 Å². The van der Waals surface area contributed by atoms with Gasteiger partial charge in [0.15, 0.2) is 0 Å². The Bertz CT molecular complexity index is 544. The van der Waals surface area contributed by atoms with Gasteiger partial charge < -0.3 is 15.7 Å². The van der Waals surface area contributed by atoms with E-state index < -0.39 is 11.9 Å². The zero-order valence-corrected chi connectivity index (χ0v) is 12.1. The summed E-state index contributed by atoms with van der Waals surface area (Å²) in [6.07, 6.45) is 1.88. The van der Waals surface area contributed by atoms with Gasteiger partial charge in [0.2, 0.25) is 5.91 Å². The molecule has 1 heterocycles. The molecule has 1 atom stereocenters. The highest BCUT2D eigenvalue weighted by Gasteiger charge is 2.16. The lowest BCUT2D eigenvalue weighted by molar-refractivity contribution is -0.122. The summed E-state index contributed by atoms with van der Waals surface area (Å²) in [5, 5.41) is 13.8. The maximum atomic E-state index is 11.9. The van der Waals surface area contributed by atoms with Crippen LogP contribution < -0.4 is 10.6 Å². The minimum Gasteiger partial charge on any atom is -0.395 e. The van der Waals surface area contributed by atoms with Crippen LogP contribution in [0.3, 0.4) is 0 Å². The molecule has 0 aliphatic carbocycles. The maximum absolute atomic E-state index is 11.9. The number of likely N-dealkylation sites (N-methyl/N-ethyl adjacent to an activating group) is 1. The highest BCUT2D eigenvalue weighted by Crippen LogP contribution is 2.00. The number of hydrogen-bond acceptors (Lipinski definition) is 4. The highest BCUT2D eigenvalue weighted by molar-refractivity contribution is 5.95. The predicted octanol–water partition coefficient (Wildman–Crippen LogP) is 0.0699. The van der Waals surface area contributed by atoms with Gasteiger partial charge >= 0.3 is 0 Å². The Morgan fingerprint density at radius 2 is 2.19 bits per heavy atom. The molecule has 0 radical (unpaired) electrons. The summed E-state index contributed by atoms with van der Waals surface area (Å²) in [6.45, 7) is 3.94. The van der Waals surface area contributed by atoms with Gasteiger partial charge in [0, 0.05) is 24.7 Å². The van der Waals surface area contributed by atoms with E-state index in [1.807, 2.05) is 6.92 Å². The zero-order valence-electron chi connectivity index (χ0n) is 12.1. The third kappa shape index (κ3) is 5.63. The summed E-state index contributed by atoms with van der Waals surface area (Å²) < 4.78 is 0. The molecule has 0 aromatic carbocycles. The quantitative estimate of drug-likeness (QED) is 0.669. The number of rotatable bonds is 5. The van der Waals surface area contributed by atoms with Crippen molar-refractivity contribution in [2.45, 2.75) is 26.3 Å². The lowest BCUT2D eigenvalue weighted by Crippen LogP contribution is -2.44. The van der Waals surface area contributed by atoms with E-state index in [1.165, 1.54) is 6.20 Å². The van der Waals surface area contributed by atoms with Gasteiger partial charge in [-0.1, -0.05) is 11.8 Å². The predicted molar refractivity (Wildman–Crippen MR) is 78.4 cm³/mol. The van der Waals surface area contributed by atoms with Crippen LogP contribution in [0.15, 0.2) is 18.3 Å². The Hall–Kier alpha value is -2.39. The number of amides is 2. The molecule has 21 heavy (non-hydrogen) atoms. The Kier molecular flexibility index (Phi) is 6.92. The molecule has 112 valence electrons. The molecule has 0 aliphatic heterocycles. The second-order valence-corrected chi connectivity index (χ2v) is 4.30. The fourth-order valence-electron chi connectivity index (χ4n) is 1.49. The first kappa shape index (κ1) is 16.7. The van der Waals surface area contributed by atoms with Gasteiger partial charge in [-0.15, -0.1) is 0 Å². The molecular weight excluding hydrogens is 270 g/mol. The van der Waals surface area contributed by atoms with Gasteiger partial charge in [-0.2, -0.15) is 0 Å². The van der Waals surface area contributed by atoms with Crippen molar-refractivity contribution in [3.63, 3.8) is 0 Å². The van der Waals surface area contributed by atoms with Crippen LogP contribution in [-0.4, -0.2) is 41.1 Å². The summed E-state index contributed by atoms with van der Waals surface area (Å²) >= 11 is 0. The number of nitrogens with one attached hydrogen (secondary N) is 2. The van der Waals surface area contributed by atoms with E-state index in [-0.39, 0.29) is 18.2 Å². The van der Waals surface area contributed by atoms with E-state index in [0.29, 0.717) is 18.5 Å². The van der Waals surface area contributed by atoms with Gasteiger partial charge in [-0.05, 0) is 26.0 Å². The molecule has 0 saturated heterocycles. The summed E-state index contributed by atoms with van der Waals surface area (Å²) in [5.41, 5.74) is 0.885. The average molecular weight is 289 g/mol. The van der Waals surface area contributed by atoms with Gasteiger partial charge in [0.05, 0.1) is 6.61 Å². The van der Waals surface area contributed by atoms with Crippen molar-refractivity contribution in [1.82, 2.24) is 15.6 Å². The fourth-order valence-corrected chi connectivity index (χ4v) is 1.49. The number of carbonyl (C=O) groups excluding carboxylic acids is 2. The summed E-state index contributed by atoms with van der Waals surface area (Å²) in [6, 6.07) is 2.59. The Morgan fingerprint density at radius 1 is 1.43 bits per heavy atom. The molecule has 0 bridgehead atoms. The van der Waals surface area contributed by atoms with Gasteiger partial charge in [0.1, 0.15) is 11.7 Å². The number of hydrogen-bond donors (Lipinski definition) is 3. The highest BCUT2D eigenvalue weighted by atomic mass is 16.2. The Labute approximate surface area is 124 Å². The number of carbonyl (C=O) groups is 2. The summed E-state index contributed by atoms with van der Waals surface area (Å²) in [7, 11) is 0. The van der Waals surface area contributed by atoms with Crippen LogP contribution in [0.2, 0.25) is 0 Å². The zero-order chi connectivity index (χ0) is 15.7. The maximum Gasteiger partial charge on any atom is 0.270 e. The van der Waals surface area contributed by atoms with Crippen molar-refractivity contribution in [1.29, 1.82) is 0 Å². The average Bonchev–Trinajstić information content (AvgIpc) is 2.48. The van der Waals surface area contributed by atoms with E-state index >= 15 is 0 Å². The largest absolute Gasteiger partial charge is 0.395 e. The van der Waals surface area contributed by atoms with Crippen LogP contribution in [0, 0.1) is 11.8 Å². The third-order valence-corrected chi connectivity index (χ3v) is 2.56. The molecule has 6 heteroatoms. The molecule has 2 amide bonds. The number of nitrogens with zero attached hydrogens (tertiary/aromatic N) is 1. The van der Waals surface area contributed by atoms with Crippen molar-refractivity contribution in [3.8, 4) is 11.8 Å². The third-order valence-electron chi connectivity index (χ3n) is 2.56. The molecule has 0 saturated carbocycles. The first-order valence-corrected chi connectivity index (χ1v) is 6.72. The molecule has 0 fully saturated rings. The molecule has 6 nitrogen and oxygen atoms in total. The molecule has 1 aromatic heterocycles. The Morgan fingerprint density at radius 3 is 2.76 bits per heavy atom. The topological polar surface area (TPSA) is 91.3 Å². The number of pyridine rings is 1. The molecule has 1 aromatic rings. The van der Waals surface area contributed by atoms with Crippen LogP contribution in [0.4, 0.5) is 0 Å². The van der Waals surface area contributed by atoms with Crippen LogP contribution in [-0.2, 0) is 4.79 Å². The number of aliphatic hydroxyl groups excluding tert-OH is 1. The molecule has 1 unspecified atom stereocenters.